The van der Waals surface area contributed by atoms with Gasteiger partial charge in [0.05, 0.1) is 12.1 Å². The van der Waals surface area contributed by atoms with Gasteiger partial charge in [-0.15, -0.1) is 0 Å². The highest BCUT2D eigenvalue weighted by molar-refractivity contribution is 7.82. The predicted molar refractivity (Wildman–Crippen MR) is 126 cm³/mol. The van der Waals surface area contributed by atoms with Crippen LogP contribution in [0, 0.1) is 0 Å². The fraction of sp³-hybridized carbons (Fsp3) is 0.524. The third kappa shape index (κ3) is 8.25. The Kier molecular flexibility index (Phi) is 9.23. The standard InChI is InChI=1S/C21H29ClN4O5S/c1-21(2,3)31-20(29)25-16-11-26(17(27)12-30-4)10-9-15(16)24-19(32)18(28)23-14-7-5-13(22)6-8-14/h5-8,15-16H,9-12H2,1-4H3,(H,23,28)(H,24,32)(H,25,29)/t15-,16+/m0/s1. The molecule has 1 aromatic rings. The van der Waals surface area contributed by atoms with Gasteiger partial charge in [-0.1, -0.05) is 23.8 Å². The Balaban J connectivity index is 2.05. The number of hydrogen-bond acceptors (Lipinski definition) is 6. The predicted octanol–water partition coefficient (Wildman–Crippen LogP) is 2.34. The maximum atomic E-state index is 12.5. The van der Waals surface area contributed by atoms with Crippen LogP contribution in [0.5, 0.6) is 0 Å². The first kappa shape index (κ1) is 25.8. The Hall–Kier alpha value is -2.43. The number of hydrogen-bond donors (Lipinski definition) is 3. The molecule has 2 atom stereocenters. The zero-order valence-electron chi connectivity index (χ0n) is 18.6. The summed E-state index contributed by atoms with van der Waals surface area (Å²) in [5, 5.41) is 9.05. The van der Waals surface area contributed by atoms with Crippen molar-refractivity contribution in [2.45, 2.75) is 44.9 Å². The minimum atomic E-state index is -0.680. The number of benzene rings is 1. The number of anilines is 1. The van der Waals surface area contributed by atoms with Gasteiger partial charge in [0.1, 0.15) is 12.2 Å². The average Bonchev–Trinajstić information content (AvgIpc) is 2.69. The number of thiocarbonyl (C=S) groups is 1. The smallest absolute Gasteiger partial charge is 0.408 e. The van der Waals surface area contributed by atoms with Crippen molar-refractivity contribution >= 4 is 52.4 Å². The molecule has 32 heavy (non-hydrogen) atoms. The molecule has 9 nitrogen and oxygen atoms in total. The van der Waals surface area contributed by atoms with Gasteiger partial charge in [0.15, 0.2) is 4.99 Å². The van der Waals surface area contributed by atoms with Crippen LogP contribution in [-0.4, -0.2) is 72.3 Å². The number of carbonyl (C=O) groups is 3. The molecule has 1 fully saturated rings. The number of alkyl carbamates (subject to hydrolysis) is 1. The van der Waals surface area contributed by atoms with Gasteiger partial charge in [0, 0.05) is 30.9 Å². The first-order valence-corrected chi connectivity index (χ1v) is 10.9. The number of methoxy groups -OCH3 is 1. The van der Waals surface area contributed by atoms with Gasteiger partial charge in [0.25, 0.3) is 5.91 Å². The van der Waals surface area contributed by atoms with Crippen molar-refractivity contribution in [3.8, 4) is 0 Å². The molecular weight excluding hydrogens is 456 g/mol. The van der Waals surface area contributed by atoms with Crippen LogP contribution in [0.3, 0.4) is 0 Å². The molecule has 1 aliphatic rings. The minimum absolute atomic E-state index is 0.0300. The Bertz CT molecular complexity index is 844. The van der Waals surface area contributed by atoms with E-state index in [4.69, 9.17) is 33.3 Å². The van der Waals surface area contributed by atoms with E-state index in [2.05, 4.69) is 16.0 Å². The van der Waals surface area contributed by atoms with Crippen molar-refractivity contribution in [1.29, 1.82) is 0 Å². The van der Waals surface area contributed by atoms with Gasteiger partial charge in [0.2, 0.25) is 5.91 Å². The molecule has 1 heterocycles. The summed E-state index contributed by atoms with van der Waals surface area (Å²) in [6, 6.07) is 5.73. The van der Waals surface area contributed by atoms with Crippen LogP contribution in [0.25, 0.3) is 0 Å². The Morgan fingerprint density at radius 2 is 1.81 bits per heavy atom. The van der Waals surface area contributed by atoms with Gasteiger partial charge in [-0.3, -0.25) is 9.59 Å². The van der Waals surface area contributed by atoms with Crippen molar-refractivity contribution in [1.82, 2.24) is 15.5 Å². The van der Waals surface area contributed by atoms with E-state index in [1.54, 1.807) is 49.9 Å². The monoisotopic (exact) mass is 484 g/mol. The lowest BCUT2D eigenvalue weighted by atomic mass is 9.99. The van der Waals surface area contributed by atoms with Crippen LogP contribution >= 0.6 is 23.8 Å². The molecule has 0 unspecified atom stereocenters. The number of nitrogens with one attached hydrogen (secondary N) is 3. The largest absolute Gasteiger partial charge is 0.444 e. The molecule has 1 aliphatic heterocycles. The number of likely N-dealkylation sites (tertiary alicyclic amines) is 1. The molecular formula is C21H29ClN4O5S. The van der Waals surface area contributed by atoms with E-state index < -0.39 is 23.6 Å². The highest BCUT2D eigenvalue weighted by Gasteiger charge is 2.34. The molecule has 0 saturated carbocycles. The molecule has 3 N–H and O–H groups in total. The Morgan fingerprint density at radius 1 is 1.16 bits per heavy atom. The summed E-state index contributed by atoms with van der Waals surface area (Å²) in [4.78, 5) is 38.7. The summed E-state index contributed by atoms with van der Waals surface area (Å²) in [5.74, 6) is -0.679. The lowest BCUT2D eigenvalue weighted by molar-refractivity contribution is -0.136. The highest BCUT2D eigenvalue weighted by atomic mass is 35.5. The normalized spacial score (nSPS) is 18.5. The first-order valence-electron chi connectivity index (χ1n) is 10.1. The van der Waals surface area contributed by atoms with Crippen molar-refractivity contribution in [3.63, 3.8) is 0 Å². The zero-order chi connectivity index (χ0) is 23.9. The number of ether oxygens (including phenoxy) is 2. The molecule has 1 saturated heterocycles. The molecule has 3 amide bonds. The minimum Gasteiger partial charge on any atom is -0.444 e. The van der Waals surface area contributed by atoms with E-state index in [0.29, 0.717) is 23.7 Å². The topological polar surface area (TPSA) is 109 Å². The van der Waals surface area contributed by atoms with E-state index in [0.717, 1.165) is 0 Å². The van der Waals surface area contributed by atoms with Gasteiger partial charge in [-0.05, 0) is 51.5 Å². The van der Waals surface area contributed by atoms with Crippen molar-refractivity contribution in [3.05, 3.63) is 29.3 Å². The van der Waals surface area contributed by atoms with Crippen LogP contribution in [0.1, 0.15) is 27.2 Å². The number of carbonyl (C=O) groups excluding carboxylic acids is 3. The van der Waals surface area contributed by atoms with Crippen LogP contribution in [0.15, 0.2) is 24.3 Å². The lowest BCUT2D eigenvalue weighted by Gasteiger charge is -2.39. The molecule has 1 aromatic carbocycles. The van der Waals surface area contributed by atoms with Gasteiger partial charge < -0.3 is 30.3 Å². The quantitative estimate of drug-likeness (QED) is 0.550. The molecule has 2 rings (SSSR count). The van der Waals surface area contributed by atoms with E-state index in [1.165, 1.54) is 7.11 Å². The number of nitrogens with zero attached hydrogens (tertiary/aromatic N) is 1. The number of rotatable bonds is 5. The zero-order valence-corrected chi connectivity index (χ0v) is 20.1. The molecule has 0 radical (unpaired) electrons. The molecule has 0 spiro atoms. The maximum absolute atomic E-state index is 12.5. The third-order valence-electron chi connectivity index (χ3n) is 4.56. The fourth-order valence-electron chi connectivity index (χ4n) is 3.13. The van der Waals surface area contributed by atoms with Crippen molar-refractivity contribution in [2.24, 2.45) is 0 Å². The Labute approximate surface area is 198 Å². The number of piperidine rings is 1. The summed E-state index contributed by atoms with van der Waals surface area (Å²) in [6.07, 6.45) is -0.156. The highest BCUT2D eigenvalue weighted by Crippen LogP contribution is 2.16. The number of amides is 3. The summed E-state index contributed by atoms with van der Waals surface area (Å²) in [7, 11) is 1.44. The summed E-state index contributed by atoms with van der Waals surface area (Å²) in [6.45, 7) is 5.86. The number of halogens is 1. The van der Waals surface area contributed by atoms with Crippen molar-refractivity contribution in [2.75, 3.05) is 32.1 Å². The van der Waals surface area contributed by atoms with Gasteiger partial charge >= 0.3 is 6.09 Å². The second-order valence-electron chi connectivity index (χ2n) is 8.36. The SMILES string of the molecule is COCC(=O)N1CC[C@H](NC(=S)C(=O)Nc2ccc(Cl)cc2)[C@H](NC(=O)OC(C)(C)C)C1. The van der Waals surface area contributed by atoms with E-state index in [9.17, 15) is 14.4 Å². The van der Waals surface area contributed by atoms with Crippen LogP contribution in [0.2, 0.25) is 5.02 Å². The molecule has 0 aromatic heterocycles. The van der Waals surface area contributed by atoms with Gasteiger partial charge in [-0.2, -0.15) is 0 Å². The van der Waals surface area contributed by atoms with E-state index >= 15 is 0 Å². The van der Waals surface area contributed by atoms with Crippen LogP contribution in [0.4, 0.5) is 10.5 Å². The van der Waals surface area contributed by atoms with Crippen LogP contribution < -0.4 is 16.0 Å². The summed E-state index contributed by atoms with van der Waals surface area (Å²) in [5.41, 5.74) is -0.131. The molecule has 0 bridgehead atoms. The van der Waals surface area contributed by atoms with Crippen molar-refractivity contribution < 1.29 is 23.9 Å². The maximum Gasteiger partial charge on any atom is 0.408 e. The molecule has 11 heteroatoms. The summed E-state index contributed by atoms with van der Waals surface area (Å²) < 4.78 is 10.3. The molecule has 176 valence electrons. The first-order chi connectivity index (χ1) is 15.0. The third-order valence-corrected chi connectivity index (χ3v) is 5.12. The van der Waals surface area contributed by atoms with Crippen LogP contribution in [-0.2, 0) is 19.1 Å². The average molecular weight is 485 g/mol. The second kappa shape index (κ2) is 11.4. The summed E-state index contributed by atoms with van der Waals surface area (Å²) >= 11 is 11.1. The lowest BCUT2D eigenvalue weighted by Crippen LogP contribution is -2.62. The van der Waals surface area contributed by atoms with E-state index in [1.807, 2.05) is 0 Å². The second-order valence-corrected chi connectivity index (χ2v) is 9.20. The van der Waals surface area contributed by atoms with E-state index in [-0.39, 0.29) is 30.1 Å². The Morgan fingerprint density at radius 3 is 2.41 bits per heavy atom. The fourth-order valence-corrected chi connectivity index (χ4v) is 3.45. The van der Waals surface area contributed by atoms with Gasteiger partial charge in [-0.25, -0.2) is 4.79 Å². The molecule has 0 aliphatic carbocycles.